The Labute approximate surface area is 232 Å². The van der Waals surface area contributed by atoms with Crippen molar-refractivity contribution < 1.29 is 9.13 Å². The summed E-state index contributed by atoms with van der Waals surface area (Å²) in [6.07, 6.45) is 4.84. The largest absolute Gasteiger partial charge is 0.467 e. The van der Waals surface area contributed by atoms with E-state index in [-0.39, 0.29) is 16.9 Å². The molecule has 0 spiro atoms. The Morgan fingerprint density at radius 2 is 1.80 bits per heavy atom. The van der Waals surface area contributed by atoms with E-state index in [4.69, 9.17) is 16.3 Å². The van der Waals surface area contributed by atoms with Crippen molar-refractivity contribution in [3.8, 4) is 22.8 Å². The van der Waals surface area contributed by atoms with Crippen LogP contribution in [0.15, 0.2) is 84.0 Å². The lowest BCUT2D eigenvalue weighted by molar-refractivity contribution is 0.380. The predicted octanol–water partition coefficient (Wildman–Crippen LogP) is 5.76. The number of benzene rings is 2. The highest BCUT2D eigenvalue weighted by molar-refractivity contribution is 6.28. The van der Waals surface area contributed by atoms with E-state index in [2.05, 4.69) is 30.2 Å². The average molecular weight is 554 g/mol. The first-order valence-electron chi connectivity index (χ1n) is 12.3. The summed E-state index contributed by atoms with van der Waals surface area (Å²) in [6, 6.07) is 16.6. The number of halogens is 2. The normalized spacial score (nSPS) is 12.0. The molecule has 40 heavy (non-hydrogen) atoms. The molecule has 0 radical (unpaired) electrons. The number of nitrogens with one attached hydrogen (secondary N) is 1. The molecule has 0 aliphatic carbocycles. The van der Waals surface area contributed by atoms with Crippen molar-refractivity contribution in [1.29, 1.82) is 0 Å². The van der Waals surface area contributed by atoms with Crippen molar-refractivity contribution in [2.75, 3.05) is 12.4 Å². The van der Waals surface area contributed by atoms with Gasteiger partial charge in [-0.05, 0) is 65.9 Å². The van der Waals surface area contributed by atoms with Gasteiger partial charge < -0.3 is 10.1 Å². The predicted molar refractivity (Wildman–Crippen MR) is 151 cm³/mol. The Morgan fingerprint density at radius 3 is 2.58 bits per heavy atom. The first kappa shape index (κ1) is 25.3. The van der Waals surface area contributed by atoms with Gasteiger partial charge in [0, 0.05) is 29.8 Å². The van der Waals surface area contributed by atoms with Gasteiger partial charge in [-0.25, -0.2) is 19.3 Å². The lowest BCUT2D eigenvalue weighted by Crippen LogP contribution is -2.26. The first-order valence-corrected chi connectivity index (χ1v) is 12.7. The molecule has 4 heterocycles. The van der Waals surface area contributed by atoms with Gasteiger partial charge in [-0.15, -0.1) is 0 Å². The summed E-state index contributed by atoms with van der Waals surface area (Å²) < 4.78 is 21.0. The van der Waals surface area contributed by atoms with Gasteiger partial charge in [0.1, 0.15) is 11.3 Å². The van der Waals surface area contributed by atoms with Crippen LogP contribution in [-0.2, 0) is 0 Å². The third-order valence-electron chi connectivity index (χ3n) is 6.49. The molecule has 4 aromatic heterocycles. The number of methoxy groups -OCH3 is 1. The van der Waals surface area contributed by atoms with Crippen molar-refractivity contribution in [3.63, 3.8) is 0 Å². The highest BCUT2D eigenvalue weighted by Gasteiger charge is 2.21. The monoisotopic (exact) mass is 553 g/mol. The van der Waals surface area contributed by atoms with Gasteiger partial charge in [-0.2, -0.15) is 4.98 Å². The van der Waals surface area contributed by atoms with E-state index in [1.807, 2.05) is 31.2 Å². The second kappa shape index (κ2) is 10.3. The maximum atomic E-state index is 14.4. The second-order valence-electron chi connectivity index (χ2n) is 9.00. The van der Waals surface area contributed by atoms with Crippen LogP contribution in [0.4, 0.5) is 10.2 Å². The van der Waals surface area contributed by atoms with Crippen LogP contribution in [0.1, 0.15) is 18.7 Å². The minimum atomic E-state index is -0.482. The number of fused-ring (bicyclic) bond motifs is 2. The second-order valence-corrected chi connectivity index (χ2v) is 9.33. The van der Waals surface area contributed by atoms with Gasteiger partial charge in [0.05, 0.1) is 29.7 Å². The Kier molecular flexibility index (Phi) is 6.53. The van der Waals surface area contributed by atoms with Crippen molar-refractivity contribution in [2.45, 2.75) is 13.0 Å². The van der Waals surface area contributed by atoms with Crippen LogP contribution in [-0.4, -0.2) is 36.6 Å². The Bertz CT molecular complexity index is 1950. The summed E-state index contributed by atoms with van der Waals surface area (Å²) in [7, 11) is 1.48. The quantitative estimate of drug-likeness (QED) is 0.259. The van der Waals surface area contributed by atoms with E-state index in [0.29, 0.717) is 50.1 Å². The maximum Gasteiger partial charge on any atom is 0.316 e. The van der Waals surface area contributed by atoms with E-state index >= 15 is 0 Å². The molecule has 198 valence electrons. The fourth-order valence-electron chi connectivity index (χ4n) is 4.70. The van der Waals surface area contributed by atoms with E-state index in [0.717, 1.165) is 0 Å². The number of aromatic nitrogens is 6. The molecule has 11 heteroatoms. The molecule has 1 unspecified atom stereocenters. The topological polar surface area (TPSA) is 108 Å². The van der Waals surface area contributed by atoms with Crippen LogP contribution in [0.2, 0.25) is 5.28 Å². The number of nitrogens with zero attached hydrogens (tertiary/aromatic N) is 6. The molecular formula is C29H21ClFN7O2. The van der Waals surface area contributed by atoms with Crippen LogP contribution in [0.5, 0.6) is 6.01 Å². The zero-order valence-electron chi connectivity index (χ0n) is 21.3. The standard InChI is InChI=1S/C29H21ClFN7O2/c1-16(35-26-25-22(10-5-11-32-25)36-28(30)37-26)23-12-17-6-3-9-21(18-14-33-29(40-2)34-15-18)24(17)27(39)38(23)20-8-4-7-19(31)13-20/h3-16H,1-2H3,(H,35,36,37). The minimum Gasteiger partial charge on any atom is -0.467 e. The Balaban J connectivity index is 1.57. The molecule has 0 saturated heterocycles. The molecule has 0 fully saturated rings. The number of pyridine rings is 2. The molecule has 0 aliphatic heterocycles. The highest BCUT2D eigenvalue weighted by atomic mass is 35.5. The van der Waals surface area contributed by atoms with Crippen LogP contribution >= 0.6 is 11.6 Å². The van der Waals surface area contributed by atoms with Crippen molar-refractivity contribution in [2.24, 2.45) is 0 Å². The highest BCUT2D eigenvalue weighted by Crippen LogP contribution is 2.31. The molecule has 6 rings (SSSR count). The van der Waals surface area contributed by atoms with Crippen LogP contribution in [0, 0.1) is 5.82 Å². The summed E-state index contributed by atoms with van der Waals surface area (Å²) >= 11 is 6.19. The molecule has 0 bridgehead atoms. The van der Waals surface area contributed by atoms with Gasteiger partial charge in [-0.3, -0.25) is 14.3 Å². The van der Waals surface area contributed by atoms with E-state index in [9.17, 15) is 9.18 Å². The van der Waals surface area contributed by atoms with Crippen molar-refractivity contribution in [3.05, 3.63) is 106 Å². The molecule has 2 aromatic carbocycles. The summed E-state index contributed by atoms with van der Waals surface area (Å²) in [5.41, 5.74) is 3.00. The maximum absolute atomic E-state index is 14.4. The van der Waals surface area contributed by atoms with E-state index in [1.54, 1.807) is 42.9 Å². The molecule has 0 saturated carbocycles. The first-order chi connectivity index (χ1) is 19.4. The fourth-order valence-corrected chi connectivity index (χ4v) is 4.88. The lowest BCUT2D eigenvalue weighted by atomic mass is 9.99. The number of hydrogen-bond acceptors (Lipinski definition) is 8. The van der Waals surface area contributed by atoms with Crippen molar-refractivity contribution >= 4 is 39.2 Å². The zero-order valence-corrected chi connectivity index (χ0v) is 22.1. The summed E-state index contributed by atoms with van der Waals surface area (Å²) in [5.74, 6) is -0.0590. The average Bonchev–Trinajstić information content (AvgIpc) is 2.96. The molecular weight excluding hydrogens is 533 g/mol. The molecule has 1 N–H and O–H groups in total. The lowest BCUT2D eigenvalue weighted by Gasteiger charge is -2.22. The van der Waals surface area contributed by atoms with Gasteiger partial charge in [0.2, 0.25) is 5.28 Å². The summed E-state index contributed by atoms with van der Waals surface area (Å²) in [5, 5.41) is 4.52. The van der Waals surface area contributed by atoms with E-state index < -0.39 is 11.9 Å². The van der Waals surface area contributed by atoms with Crippen LogP contribution in [0.25, 0.3) is 38.6 Å². The zero-order chi connectivity index (χ0) is 27.8. The smallest absolute Gasteiger partial charge is 0.316 e. The third-order valence-corrected chi connectivity index (χ3v) is 6.66. The fraction of sp³-hybridized carbons (Fsp3) is 0.103. The molecule has 0 amide bonds. The Morgan fingerprint density at radius 1 is 1.00 bits per heavy atom. The van der Waals surface area contributed by atoms with Crippen LogP contribution < -0.4 is 15.6 Å². The van der Waals surface area contributed by atoms with E-state index in [1.165, 1.54) is 23.8 Å². The van der Waals surface area contributed by atoms with Crippen molar-refractivity contribution in [1.82, 2.24) is 29.5 Å². The van der Waals surface area contributed by atoms with Gasteiger partial charge >= 0.3 is 6.01 Å². The minimum absolute atomic E-state index is 0.0579. The van der Waals surface area contributed by atoms with Gasteiger partial charge in [0.25, 0.3) is 5.56 Å². The number of anilines is 1. The molecule has 0 aliphatic rings. The third kappa shape index (κ3) is 4.58. The SMILES string of the molecule is COc1ncc(-c2cccc3cc(C(C)Nc4nc(Cl)nc5cccnc45)n(-c4cccc(F)c4)c(=O)c23)cn1. The molecule has 6 aromatic rings. The number of hydrogen-bond donors (Lipinski definition) is 1. The molecule has 1 atom stereocenters. The Hall–Kier alpha value is -4.96. The number of rotatable bonds is 6. The summed E-state index contributed by atoms with van der Waals surface area (Å²) in [4.78, 5) is 35.7. The van der Waals surface area contributed by atoms with Crippen LogP contribution in [0.3, 0.4) is 0 Å². The number of ether oxygens (including phenoxy) is 1. The van der Waals surface area contributed by atoms with Gasteiger partial charge in [0.15, 0.2) is 5.82 Å². The summed E-state index contributed by atoms with van der Waals surface area (Å²) in [6.45, 7) is 1.88. The molecule has 9 nitrogen and oxygen atoms in total. The van der Waals surface area contributed by atoms with Gasteiger partial charge in [-0.1, -0.05) is 24.3 Å².